The van der Waals surface area contributed by atoms with E-state index < -0.39 is 5.54 Å². The molecule has 0 bridgehead atoms. The van der Waals surface area contributed by atoms with Crippen molar-refractivity contribution in [2.75, 3.05) is 20.1 Å². The van der Waals surface area contributed by atoms with Gasteiger partial charge < -0.3 is 16.0 Å². The normalized spacial score (nSPS) is 16.6. The van der Waals surface area contributed by atoms with E-state index in [4.69, 9.17) is 5.73 Å². The summed E-state index contributed by atoms with van der Waals surface area (Å²) in [5, 5.41) is 3.28. The molecule has 4 nitrogen and oxygen atoms in total. The summed E-state index contributed by atoms with van der Waals surface area (Å²) < 4.78 is 0. The predicted octanol–water partition coefficient (Wildman–Crippen LogP) is 1.99. The molecule has 114 valence electrons. The Bertz CT molecular complexity index is 268. The summed E-state index contributed by atoms with van der Waals surface area (Å²) in [6, 6.07) is 0.559. The van der Waals surface area contributed by atoms with Gasteiger partial charge in [0.25, 0.3) is 0 Å². The van der Waals surface area contributed by atoms with Crippen LogP contribution in [0.3, 0.4) is 0 Å². The average Bonchev–Trinajstić information content (AvgIpc) is 2.34. The van der Waals surface area contributed by atoms with Crippen molar-refractivity contribution >= 4 is 5.91 Å². The van der Waals surface area contributed by atoms with Gasteiger partial charge >= 0.3 is 0 Å². The number of carbonyl (C=O) groups is 1. The van der Waals surface area contributed by atoms with Crippen LogP contribution in [0.1, 0.15) is 53.9 Å². The molecule has 0 aliphatic heterocycles. The van der Waals surface area contributed by atoms with Crippen LogP contribution in [-0.2, 0) is 4.79 Å². The summed E-state index contributed by atoms with van der Waals surface area (Å²) in [5.41, 5.74) is 4.95. The van der Waals surface area contributed by atoms with Crippen molar-refractivity contribution in [3.8, 4) is 0 Å². The maximum atomic E-state index is 11.6. The molecule has 0 spiro atoms. The van der Waals surface area contributed by atoms with E-state index in [0.29, 0.717) is 12.0 Å². The highest BCUT2D eigenvalue weighted by Gasteiger charge is 2.29. The smallest absolute Gasteiger partial charge is 0.237 e. The topological polar surface area (TPSA) is 58.4 Å². The van der Waals surface area contributed by atoms with Crippen LogP contribution in [0.4, 0.5) is 0 Å². The Morgan fingerprint density at radius 3 is 2.37 bits per heavy atom. The van der Waals surface area contributed by atoms with Gasteiger partial charge in [0.2, 0.25) is 5.91 Å². The Kier molecular flexibility index (Phi) is 8.26. The van der Waals surface area contributed by atoms with Crippen molar-refractivity contribution < 1.29 is 4.79 Å². The second-order valence-electron chi connectivity index (χ2n) is 6.19. The van der Waals surface area contributed by atoms with Crippen molar-refractivity contribution in [3.05, 3.63) is 0 Å². The Morgan fingerprint density at radius 2 is 1.95 bits per heavy atom. The maximum Gasteiger partial charge on any atom is 0.237 e. The predicted molar refractivity (Wildman–Crippen MR) is 82.1 cm³/mol. The molecule has 0 radical (unpaired) electrons. The number of primary amides is 1. The van der Waals surface area contributed by atoms with Gasteiger partial charge in [-0.15, -0.1) is 0 Å². The molecule has 4 heteroatoms. The van der Waals surface area contributed by atoms with Gasteiger partial charge in [-0.05, 0) is 59.2 Å². The van der Waals surface area contributed by atoms with E-state index in [-0.39, 0.29) is 5.91 Å². The molecule has 0 rings (SSSR count). The summed E-state index contributed by atoms with van der Waals surface area (Å²) in [4.78, 5) is 13.9. The van der Waals surface area contributed by atoms with Gasteiger partial charge in [0.1, 0.15) is 0 Å². The van der Waals surface area contributed by atoms with Crippen LogP contribution in [0.2, 0.25) is 0 Å². The lowest BCUT2D eigenvalue weighted by Crippen LogP contribution is -2.53. The number of hydrogen-bond donors (Lipinski definition) is 2. The SMILES string of the molecule is CCCNC(C)(CCCN(C)C(C)C(C)C)C(N)=O. The highest BCUT2D eigenvalue weighted by molar-refractivity contribution is 5.84. The standard InChI is InChI=1S/C15H33N3O/c1-7-10-17-15(5,14(16)19)9-8-11-18(6)13(4)12(2)3/h12-13,17H,7-11H2,1-6H3,(H2,16,19). The summed E-state index contributed by atoms with van der Waals surface area (Å²) in [6.45, 7) is 12.5. The molecule has 2 atom stereocenters. The molecule has 19 heavy (non-hydrogen) atoms. The number of nitrogens with two attached hydrogens (primary N) is 1. The molecule has 2 unspecified atom stereocenters. The lowest BCUT2D eigenvalue weighted by Gasteiger charge is -2.31. The molecule has 0 heterocycles. The maximum absolute atomic E-state index is 11.6. The Balaban J connectivity index is 4.23. The van der Waals surface area contributed by atoms with E-state index in [1.54, 1.807) is 0 Å². The molecule has 0 fully saturated rings. The minimum absolute atomic E-state index is 0.250. The van der Waals surface area contributed by atoms with E-state index in [2.05, 4.69) is 45.0 Å². The number of nitrogens with zero attached hydrogens (tertiary/aromatic N) is 1. The third-order valence-corrected chi connectivity index (χ3v) is 4.16. The fraction of sp³-hybridized carbons (Fsp3) is 0.933. The molecule has 0 aliphatic carbocycles. The average molecular weight is 271 g/mol. The minimum Gasteiger partial charge on any atom is -0.368 e. The second-order valence-corrected chi connectivity index (χ2v) is 6.19. The Hall–Kier alpha value is -0.610. The number of amides is 1. The molecule has 1 amide bonds. The van der Waals surface area contributed by atoms with Gasteiger partial charge in [-0.25, -0.2) is 0 Å². The summed E-state index contributed by atoms with van der Waals surface area (Å²) in [5.74, 6) is 0.395. The Labute approximate surface area is 119 Å². The third kappa shape index (κ3) is 6.39. The number of carbonyl (C=O) groups excluding carboxylic acids is 1. The van der Waals surface area contributed by atoms with E-state index in [1.165, 1.54) is 0 Å². The lowest BCUT2D eigenvalue weighted by atomic mass is 9.94. The molecular weight excluding hydrogens is 238 g/mol. The number of rotatable bonds is 10. The van der Waals surface area contributed by atoms with Crippen molar-refractivity contribution in [3.63, 3.8) is 0 Å². The molecular formula is C15H33N3O. The first-order valence-corrected chi connectivity index (χ1v) is 7.49. The van der Waals surface area contributed by atoms with Gasteiger partial charge in [0.15, 0.2) is 0 Å². The van der Waals surface area contributed by atoms with Crippen molar-refractivity contribution in [1.82, 2.24) is 10.2 Å². The molecule has 0 aromatic heterocycles. The summed E-state index contributed by atoms with van der Waals surface area (Å²) >= 11 is 0. The van der Waals surface area contributed by atoms with Gasteiger partial charge in [-0.3, -0.25) is 4.79 Å². The Morgan fingerprint density at radius 1 is 1.37 bits per heavy atom. The first-order valence-electron chi connectivity index (χ1n) is 7.49. The highest BCUT2D eigenvalue weighted by Crippen LogP contribution is 2.14. The van der Waals surface area contributed by atoms with E-state index in [9.17, 15) is 4.79 Å². The number of nitrogens with one attached hydrogen (secondary N) is 1. The first-order chi connectivity index (χ1) is 8.74. The van der Waals surface area contributed by atoms with Crippen molar-refractivity contribution in [2.45, 2.75) is 65.5 Å². The fourth-order valence-electron chi connectivity index (χ4n) is 2.09. The minimum atomic E-state index is -0.572. The van der Waals surface area contributed by atoms with Gasteiger partial charge in [0, 0.05) is 6.04 Å². The zero-order chi connectivity index (χ0) is 15.1. The zero-order valence-corrected chi connectivity index (χ0v) is 13.6. The van der Waals surface area contributed by atoms with Gasteiger partial charge in [0.05, 0.1) is 5.54 Å². The van der Waals surface area contributed by atoms with Crippen molar-refractivity contribution in [2.24, 2.45) is 11.7 Å². The summed E-state index contributed by atoms with van der Waals surface area (Å²) in [7, 11) is 2.14. The molecule has 0 aliphatic rings. The van der Waals surface area contributed by atoms with Crippen molar-refractivity contribution in [1.29, 1.82) is 0 Å². The largest absolute Gasteiger partial charge is 0.368 e. The third-order valence-electron chi connectivity index (χ3n) is 4.16. The highest BCUT2D eigenvalue weighted by atomic mass is 16.1. The molecule has 3 N–H and O–H groups in total. The molecule has 0 saturated heterocycles. The fourth-order valence-corrected chi connectivity index (χ4v) is 2.09. The van der Waals surface area contributed by atoms with Crippen LogP contribution in [0.15, 0.2) is 0 Å². The molecule has 0 aromatic rings. The van der Waals surface area contributed by atoms with Crippen LogP contribution in [0.25, 0.3) is 0 Å². The first kappa shape index (κ1) is 18.4. The van der Waals surface area contributed by atoms with E-state index in [1.807, 2.05) is 6.92 Å². The van der Waals surface area contributed by atoms with Crippen LogP contribution in [0.5, 0.6) is 0 Å². The van der Waals surface area contributed by atoms with Crippen LogP contribution >= 0.6 is 0 Å². The van der Waals surface area contributed by atoms with E-state index >= 15 is 0 Å². The second kappa shape index (κ2) is 8.54. The monoisotopic (exact) mass is 271 g/mol. The van der Waals surface area contributed by atoms with E-state index in [0.717, 1.165) is 32.4 Å². The van der Waals surface area contributed by atoms with Crippen LogP contribution < -0.4 is 11.1 Å². The molecule has 0 aromatic carbocycles. The van der Waals surface area contributed by atoms with Crippen LogP contribution in [0, 0.1) is 5.92 Å². The zero-order valence-electron chi connectivity index (χ0n) is 13.6. The van der Waals surface area contributed by atoms with Gasteiger partial charge in [-0.1, -0.05) is 20.8 Å². The van der Waals surface area contributed by atoms with Crippen LogP contribution in [-0.4, -0.2) is 42.5 Å². The quantitative estimate of drug-likeness (QED) is 0.639. The number of hydrogen-bond acceptors (Lipinski definition) is 3. The lowest BCUT2D eigenvalue weighted by molar-refractivity contribution is -0.124. The summed E-state index contributed by atoms with van der Waals surface area (Å²) in [6.07, 6.45) is 2.77. The molecule has 0 saturated carbocycles. The van der Waals surface area contributed by atoms with Gasteiger partial charge in [-0.2, -0.15) is 0 Å².